The second-order valence-corrected chi connectivity index (χ2v) is 5.62. The molecule has 120 valence electrons. The van der Waals surface area contributed by atoms with E-state index >= 15 is 0 Å². The van der Waals surface area contributed by atoms with Gasteiger partial charge in [-0.15, -0.1) is 0 Å². The fourth-order valence-corrected chi connectivity index (χ4v) is 2.62. The van der Waals surface area contributed by atoms with E-state index < -0.39 is 0 Å². The van der Waals surface area contributed by atoms with E-state index in [1.165, 1.54) is 0 Å². The SMILES string of the molecule is CCc1cc(NC2CCCCNC2=O)nc(-c2ccccn2)n1. The molecule has 6 nitrogen and oxygen atoms in total. The molecule has 1 aliphatic rings. The highest BCUT2D eigenvalue weighted by atomic mass is 16.2. The molecule has 0 radical (unpaired) electrons. The summed E-state index contributed by atoms with van der Waals surface area (Å²) in [6.45, 7) is 2.80. The molecule has 2 aromatic rings. The van der Waals surface area contributed by atoms with Crippen molar-refractivity contribution < 1.29 is 4.79 Å². The van der Waals surface area contributed by atoms with Crippen molar-refractivity contribution in [1.82, 2.24) is 20.3 Å². The van der Waals surface area contributed by atoms with E-state index in [2.05, 4.69) is 25.6 Å². The molecule has 6 heteroatoms. The number of rotatable bonds is 4. The van der Waals surface area contributed by atoms with E-state index in [4.69, 9.17) is 0 Å². The zero-order chi connectivity index (χ0) is 16.1. The number of hydrogen-bond acceptors (Lipinski definition) is 5. The van der Waals surface area contributed by atoms with Gasteiger partial charge in [-0.3, -0.25) is 9.78 Å². The van der Waals surface area contributed by atoms with Crippen LogP contribution in [0.5, 0.6) is 0 Å². The molecule has 1 saturated heterocycles. The summed E-state index contributed by atoms with van der Waals surface area (Å²) in [5.74, 6) is 1.31. The van der Waals surface area contributed by atoms with Crippen LogP contribution in [0.15, 0.2) is 30.5 Å². The Kier molecular flexibility index (Phi) is 4.80. The largest absolute Gasteiger partial charge is 0.358 e. The maximum atomic E-state index is 12.1. The average Bonchev–Trinajstić information content (AvgIpc) is 2.80. The number of carbonyl (C=O) groups is 1. The van der Waals surface area contributed by atoms with E-state index in [1.807, 2.05) is 31.2 Å². The van der Waals surface area contributed by atoms with E-state index in [1.54, 1.807) is 6.20 Å². The van der Waals surface area contributed by atoms with Crippen LogP contribution in [-0.4, -0.2) is 33.4 Å². The molecule has 2 aromatic heterocycles. The van der Waals surface area contributed by atoms with Gasteiger partial charge in [0.2, 0.25) is 5.91 Å². The summed E-state index contributed by atoms with van der Waals surface area (Å²) in [5.41, 5.74) is 1.66. The van der Waals surface area contributed by atoms with Gasteiger partial charge in [-0.05, 0) is 37.8 Å². The fourth-order valence-electron chi connectivity index (χ4n) is 2.62. The summed E-state index contributed by atoms with van der Waals surface area (Å²) in [6, 6.07) is 7.33. The Morgan fingerprint density at radius 1 is 1.30 bits per heavy atom. The molecule has 1 aliphatic heterocycles. The topological polar surface area (TPSA) is 79.8 Å². The van der Waals surface area contributed by atoms with Crippen molar-refractivity contribution in [3.8, 4) is 11.5 Å². The van der Waals surface area contributed by atoms with Crippen LogP contribution in [0.3, 0.4) is 0 Å². The third kappa shape index (κ3) is 3.83. The van der Waals surface area contributed by atoms with E-state index in [0.717, 1.165) is 43.6 Å². The summed E-state index contributed by atoms with van der Waals surface area (Å²) in [4.78, 5) is 25.5. The van der Waals surface area contributed by atoms with E-state index in [0.29, 0.717) is 11.6 Å². The molecular weight excluding hydrogens is 290 g/mol. The van der Waals surface area contributed by atoms with Gasteiger partial charge in [0, 0.05) is 24.5 Å². The quantitative estimate of drug-likeness (QED) is 0.904. The minimum Gasteiger partial charge on any atom is -0.358 e. The molecular formula is C17H21N5O. The number of anilines is 1. The van der Waals surface area contributed by atoms with Crippen LogP contribution in [0.1, 0.15) is 31.9 Å². The number of amides is 1. The zero-order valence-electron chi connectivity index (χ0n) is 13.2. The van der Waals surface area contributed by atoms with Crippen molar-refractivity contribution >= 4 is 11.7 Å². The number of carbonyl (C=O) groups excluding carboxylic acids is 1. The summed E-state index contributed by atoms with van der Waals surface area (Å²) in [5, 5.41) is 6.20. The first kappa shape index (κ1) is 15.4. The van der Waals surface area contributed by atoms with Crippen molar-refractivity contribution in [3.63, 3.8) is 0 Å². The van der Waals surface area contributed by atoms with Crippen molar-refractivity contribution in [3.05, 3.63) is 36.2 Å². The molecule has 3 rings (SSSR count). The standard InChI is InChI=1S/C17H21N5O/c1-2-12-11-15(21-14-8-4-6-10-19-17(14)23)22-16(20-12)13-7-3-5-9-18-13/h3,5,7,9,11,14H,2,4,6,8,10H2,1H3,(H,19,23)(H,20,21,22). The minimum atomic E-state index is -0.242. The minimum absolute atomic E-state index is 0.0403. The van der Waals surface area contributed by atoms with Gasteiger partial charge in [-0.25, -0.2) is 9.97 Å². The molecule has 1 atom stereocenters. The molecule has 1 fully saturated rings. The molecule has 0 aliphatic carbocycles. The molecule has 0 bridgehead atoms. The lowest BCUT2D eigenvalue weighted by Gasteiger charge is -2.16. The predicted octanol–water partition coefficient (Wildman–Crippen LogP) is 2.18. The molecule has 0 saturated carbocycles. The summed E-state index contributed by atoms with van der Waals surface area (Å²) >= 11 is 0. The molecule has 0 aromatic carbocycles. The fraction of sp³-hybridized carbons (Fsp3) is 0.412. The van der Waals surface area contributed by atoms with Crippen LogP contribution < -0.4 is 10.6 Å². The third-order valence-corrected chi connectivity index (χ3v) is 3.89. The number of nitrogens with one attached hydrogen (secondary N) is 2. The molecule has 23 heavy (non-hydrogen) atoms. The highest BCUT2D eigenvalue weighted by molar-refractivity contribution is 5.84. The lowest BCUT2D eigenvalue weighted by molar-refractivity contribution is -0.121. The Balaban J connectivity index is 1.88. The van der Waals surface area contributed by atoms with Crippen molar-refractivity contribution in [2.24, 2.45) is 0 Å². The van der Waals surface area contributed by atoms with E-state index in [9.17, 15) is 4.79 Å². The zero-order valence-corrected chi connectivity index (χ0v) is 13.2. The maximum absolute atomic E-state index is 12.1. The molecule has 0 spiro atoms. The smallest absolute Gasteiger partial charge is 0.242 e. The van der Waals surface area contributed by atoms with Crippen LogP contribution >= 0.6 is 0 Å². The van der Waals surface area contributed by atoms with Gasteiger partial charge in [0.05, 0.1) is 0 Å². The van der Waals surface area contributed by atoms with Gasteiger partial charge in [0.25, 0.3) is 0 Å². The first-order chi connectivity index (χ1) is 11.3. The number of aromatic nitrogens is 3. The lowest BCUT2D eigenvalue weighted by Crippen LogP contribution is -2.38. The Bertz CT molecular complexity index is 674. The number of hydrogen-bond donors (Lipinski definition) is 2. The van der Waals surface area contributed by atoms with Gasteiger partial charge < -0.3 is 10.6 Å². The normalized spacial score (nSPS) is 18.1. The van der Waals surface area contributed by atoms with Crippen LogP contribution in [0.25, 0.3) is 11.5 Å². The number of nitrogens with zero attached hydrogens (tertiary/aromatic N) is 3. The Hall–Kier alpha value is -2.50. The van der Waals surface area contributed by atoms with Crippen LogP contribution in [0.4, 0.5) is 5.82 Å². The highest BCUT2D eigenvalue weighted by Gasteiger charge is 2.21. The van der Waals surface area contributed by atoms with E-state index in [-0.39, 0.29) is 11.9 Å². The molecule has 1 amide bonds. The lowest BCUT2D eigenvalue weighted by atomic mass is 10.1. The number of aryl methyl sites for hydroxylation is 1. The third-order valence-electron chi connectivity index (χ3n) is 3.89. The van der Waals surface area contributed by atoms with Crippen molar-refractivity contribution in [2.45, 2.75) is 38.6 Å². The molecule has 1 unspecified atom stereocenters. The summed E-state index contributed by atoms with van der Waals surface area (Å²) in [6.07, 6.45) is 5.38. The Labute approximate surface area is 135 Å². The molecule has 3 heterocycles. The number of pyridine rings is 1. The van der Waals surface area contributed by atoms with Crippen molar-refractivity contribution in [2.75, 3.05) is 11.9 Å². The summed E-state index contributed by atoms with van der Waals surface area (Å²) in [7, 11) is 0. The van der Waals surface area contributed by atoms with Gasteiger partial charge in [-0.2, -0.15) is 0 Å². The maximum Gasteiger partial charge on any atom is 0.242 e. The predicted molar refractivity (Wildman–Crippen MR) is 88.9 cm³/mol. The van der Waals surface area contributed by atoms with Crippen LogP contribution in [0, 0.1) is 0 Å². The Morgan fingerprint density at radius 3 is 3.00 bits per heavy atom. The van der Waals surface area contributed by atoms with Crippen LogP contribution in [0.2, 0.25) is 0 Å². The molecule has 2 N–H and O–H groups in total. The Morgan fingerprint density at radius 2 is 2.22 bits per heavy atom. The van der Waals surface area contributed by atoms with Gasteiger partial charge in [0.1, 0.15) is 17.6 Å². The van der Waals surface area contributed by atoms with Gasteiger partial charge >= 0.3 is 0 Å². The monoisotopic (exact) mass is 311 g/mol. The van der Waals surface area contributed by atoms with Crippen LogP contribution in [-0.2, 0) is 11.2 Å². The van der Waals surface area contributed by atoms with Crippen molar-refractivity contribution in [1.29, 1.82) is 0 Å². The average molecular weight is 311 g/mol. The van der Waals surface area contributed by atoms with Gasteiger partial charge in [-0.1, -0.05) is 13.0 Å². The first-order valence-corrected chi connectivity index (χ1v) is 8.10. The van der Waals surface area contributed by atoms with Gasteiger partial charge in [0.15, 0.2) is 5.82 Å². The first-order valence-electron chi connectivity index (χ1n) is 8.10. The summed E-state index contributed by atoms with van der Waals surface area (Å²) < 4.78 is 0. The second kappa shape index (κ2) is 7.17. The highest BCUT2D eigenvalue weighted by Crippen LogP contribution is 2.18. The second-order valence-electron chi connectivity index (χ2n) is 5.62.